The van der Waals surface area contributed by atoms with Gasteiger partial charge in [-0.1, -0.05) is 36.4 Å². The molecule has 9 heteroatoms. The molecule has 0 saturated carbocycles. The molecule has 1 N–H and O–H groups in total. The van der Waals surface area contributed by atoms with Crippen LogP contribution in [0.15, 0.2) is 83.3 Å². The Morgan fingerprint density at radius 1 is 0.912 bits per heavy atom. The normalized spacial score (nSPS) is 13.6. The highest BCUT2D eigenvalue weighted by atomic mass is 32.2. The highest BCUT2D eigenvalue weighted by Gasteiger charge is 2.43. The molecule has 34 heavy (non-hydrogen) atoms. The van der Waals surface area contributed by atoms with Crippen LogP contribution in [0.1, 0.15) is 5.56 Å². The maximum absolute atomic E-state index is 13.4. The van der Waals surface area contributed by atoms with Gasteiger partial charge < -0.3 is 9.84 Å². The lowest BCUT2D eigenvalue weighted by Crippen LogP contribution is -2.57. The van der Waals surface area contributed by atoms with E-state index in [0.29, 0.717) is 28.7 Å². The van der Waals surface area contributed by atoms with Gasteiger partial charge in [0.2, 0.25) is 0 Å². The van der Waals surface area contributed by atoms with Crippen LogP contribution in [0.5, 0.6) is 11.5 Å². The van der Waals surface area contributed by atoms with E-state index in [2.05, 4.69) is 0 Å². The number of nitriles is 1. The number of aromatic hydroxyl groups is 1. The molecule has 1 heterocycles. The third-order valence-electron chi connectivity index (χ3n) is 5.03. The van der Waals surface area contributed by atoms with E-state index in [1.165, 1.54) is 25.3 Å². The zero-order chi connectivity index (χ0) is 24.2. The van der Waals surface area contributed by atoms with E-state index in [-0.39, 0.29) is 22.0 Å². The molecule has 1 aliphatic rings. The number of hydrogen-bond acceptors (Lipinski definition) is 7. The number of nitrogens with zero attached hydrogens (tertiary/aromatic N) is 3. The molecule has 8 nitrogen and oxygen atoms in total. The summed E-state index contributed by atoms with van der Waals surface area (Å²) in [5.74, 6) is -1.76. The average molecular weight is 471 g/mol. The summed E-state index contributed by atoms with van der Waals surface area (Å²) >= 11 is 0.706. The Kier molecular flexibility index (Phi) is 6.34. The minimum absolute atomic E-state index is 0.0683. The number of thioether (sulfide) groups is 1. The topological polar surface area (TPSA) is 111 Å². The number of hydrogen-bond donors (Lipinski definition) is 1. The smallest absolute Gasteiger partial charge is 0.343 e. The van der Waals surface area contributed by atoms with E-state index < -0.39 is 17.8 Å². The van der Waals surface area contributed by atoms with Gasteiger partial charge in [0.15, 0.2) is 11.5 Å². The molecule has 0 aromatic heterocycles. The van der Waals surface area contributed by atoms with Gasteiger partial charge in [-0.3, -0.25) is 9.59 Å². The highest BCUT2D eigenvalue weighted by Crippen LogP contribution is 2.38. The second kappa shape index (κ2) is 9.52. The van der Waals surface area contributed by atoms with Crippen LogP contribution in [0.2, 0.25) is 0 Å². The van der Waals surface area contributed by atoms with Gasteiger partial charge in [-0.05, 0) is 59.8 Å². The van der Waals surface area contributed by atoms with Gasteiger partial charge in [0, 0.05) is 0 Å². The summed E-state index contributed by atoms with van der Waals surface area (Å²) in [4.78, 5) is 42.2. The number of thiocyanates is 1. The van der Waals surface area contributed by atoms with Crippen LogP contribution >= 0.6 is 11.8 Å². The van der Waals surface area contributed by atoms with Crippen LogP contribution in [0.4, 0.5) is 16.2 Å². The fourth-order valence-electron chi connectivity index (χ4n) is 3.47. The van der Waals surface area contributed by atoms with Crippen molar-refractivity contribution in [3.63, 3.8) is 0 Å². The fourth-order valence-corrected chi connectivity index (χ4v) is 3.96. The number of carbonyl (C=O) groups excluding carboxylic acids is 3. The Labute approximate surface area is 199 Å². The third-order valence-corrected chi connectivity index (χ3v) is 5.65. The number of imide groups is 2. The van der Waals surface area contributed by atoms with Gasteiger partial charge in [-0.15, -0.1) is 0 Å². The molecule has 0 radical (unpaired) electrons. The highest BCUT2D eigenvalue weighted by molar-refractivity contribution is 8.03. The zero-order valence-corrected chi connectivity index (χ0v) is 18.7. The van der Waals surface area contributed by atoms with Crippen molar-refractivity contribution in [3.05, 3.63) is 83.9 Å². The number of urea groups is 1. The average Bonchev–Trinajstić information content (AvgIpc) is 2.85. The number of phenolic OH excluding ortho intramolecular Hbond substituents is 1. The largest absolute Gasteiger partial charge is 0.503 e. The van der Waals surface area contributed by atoms with Crippen molar-refractivity contribution in [2.45, 2.75) is 4.90 Å². The third kappa shape index (κ3) is 4.10. The van der Waals surface area contributed by atoms with Crippen molar-refractivity contribution in [1.82, 2.24) is 0 Å². The Morgan fingerprint density at radius 2 is 1.44 bits per heavy atom. The molecule has 3 aromatic rings. The Morgan fingerprint density at radius 3 is 1.91 bits per heavy atom. The van der Waals surface area contributed by atoms with E-state index >= 15 is 0 Å². The SMILES string of the molecule is COc1cc(C=C2C(=O)N(c3ccccc3)C(=O)N(c3ccccc3)C2=O)cc(SC#N)c1O. The minimum Gasteiger partial charge on any atom is -0.503 e. The lowest BCUT2D eigenvalue weighted by Gasteiger charge is -2.33. The molecule has 3 aromatic carbocycles. The van der Waals surface area contributed by atoms with Gasteiger partial charge in [-0.25, -0.2) is 14.6 Å². The number of methoxy groups -OCH3 is 1. The number of phenols is 1. The molecule has 0 atom stereocenters. The maximum Gasteiger partial charge on any atom is 0.343 e. The summed E-state index contributed by atoms with van der Waals surface area (Å²) in [6, 6.07) is 18.7. The number of rotatable bonds is 5. The van der Waals surface area contributed by atoms with Crippen LogP contribution in [0, 0.1) is 10.7 Å². The predicted octanol–water partition coefficient (Wildman–Crippen LogP) is 4.56. The number of ether oxygens (including phenoxy) is 1. The van der Waals surface area contributed by atoms with E-state index in [9.17, 15) is 19.5 Å². The van der Waals surface area contributed by atoms with Crippen molar-refractivity contribution in [2.24, 2.45) is 0 Å². The van der Waals surface area contributed by atoms with Gasteiger partial charge in [0.25, 0.3) is 11.8 Å². The molecular weight excluding hydrogens is 454 g/mol. The second-order valence-electron chi connectivity index (χ2n) is 7.06. The molecule has 1 saturated heterocycles. The monoisotopic (exact) mass is 471 g/mol. The van der Waals surface area contributed by atoms with E-state index in [1.807, 2.05) is 5.40 Å². The fraction of sp³-hybridized carbons (Fsp3) is 0.0400. The number of carbonyl (C=O) groups is 3. The Hall–Kier alpha value is -4.55. The van der Waals surface area contributed by atoms with Gasteiger partial charge >= 0.3 is 6.03 Å². The van der Waals surface area contributed by atoms with E-state index in [1.54, 1.807) is 60.7 Å². The van der Waals surface area contributed by atoms with Crippen LogP contribution in [0.25, 0.3) is 6.08 Å². The summed E-state index contributed by atoms with van der Waals surface area (Å²) in [7, 11) is 1.34. The number of benzene rings is 3. The molecule has 4 amide bonds. The van der Waals surface area contributed by atoms with Crippen LogP contribution in [0.3, 0.4) is 0 Å². The lowest BCUT2D eigenvalue weighted by molar-refractivity contribution is -0.121. The van der Waals surface area contributed by atoms with Gasteiger partial charge in [0.05, 0.1) is 23.4 Å². The quantitative estimate of drug-likeness (QED) is 0.251. The first kappa shape index (κ1) is 22.6. The van der Waals surface area contributed by atoms with Crippen LogP contribution in [-0.4, -0.2) is 30.1 Å². The molecule has 1 fully saturated rings. The van der Waals surface area contributed by atoms with Gasteiger partial charge in [-0.2, -0.15) is 5.26 Å². The van der Waals surface area contributed by atoms with Crippen molar-refractivity contribution in [1.29, 1.82) is 5.26 Å². The van der Waals surface area contributed by atoms with Crippen molar-refractivity contribution >= 4 is 47.1 Å². The summed E-state index contributed by atoms with van der Waals surface area (Å²) < 4.78 is 5.17. The Balaban J connectivity index is 1.89. The van der Waals surface area contributed by atoms with Crippen molar-refractivity contribution in [2.75, 3.05) is 16.9 Å². The summed E-state index contributed by atoms with van der Waals surface area (Å²) in [6.07, 6.45) is 1.31. The van der Waals surface area contributed by atoms with Crippen LogP contribution in [-0.2, 0) is 9.59 Å². The molecule has 0 unspecified atom stereocenters. The lowest BCUT2D eigenvalue weighted by atomic mass is 10.0. The maximum atomic E-state index is 13.4. The first-order chi connectivity index (χ1) is 16.5. The van der Waals surface area contributed by atoms with Crippen molar-refractivity contribution in [3.8, 4) is 16.9 Å². The zero-order valence-electron chi connectivity index (χ0n) is 17.8. The Bertz CT molecular complexity index is 1290. The standard InChI is InChI=1S/C25H17N3O5S/c1-33-20-13-16(14-21(22(20)29)34-15-26)12-19-23(30)27(17-8-4-2-5-9-17)25(32)28(24(19)31)18-10-6-3-7-11-18/h2-14,29H,1H3. The molecule has 1 aliphatic heterocycles. The first-order valence-corrected chi connectivity index (χ1v) is 10.8. The molecule has 0 aliphatic carbocycles. The molecule has 4 rings (SSSR count). The molecular formula is C25H17N3O5S. The number of amides is 4. The van der Waals surface area contributed by atoms with E-state index in [4.69, 9.17) is 10.00 Å². The minimum atomic E-state index is -0.798. The molecule has 0 spiro atoms. The van der Waals surface area contributed by atoms with E-state index in [0.717, 1.165) is 9.80 Å². The predicted molar refractivity (Wildman–Crippen MR) is 127 cm³/mol. The van der Waals surface area contributed by atoms with Crippen molar-refractivity contribution < 1.29 is 24.2 Å². The van der Waals surface area contributed by atoms with Crippen LogP contribution < -0.4 is 14.5 Å². The second-order valence-corrected chi connectivity index (χ2v) is 7.88. The summed E-state index contributed by atoms with van der Waals surface area (Å²) in [5, 5.41) is 21.2. The number of barbiturate groups is 1. The molecule has 168 valence electrons. The molecule has 0 bridgehead atoms. The number of anilines is 2. The summed E-state index contributed by atoms with van der Waals surface area (Å²) in [5.41, 5.74) is 0.675. The van der Waals surface area contributed by atoms with Gasteiger partial charge in [0.1, 0.15) is 11.0 Å². The number of para-hydroxylation sites is 2. The first-order valence-electron chi connectivity index (χ1n) is 9.98. The summed E-state index contributed by atoms with van der Waals surface area (Å²) in [6.45, 7) is 0.